The van der Waals surface area contributed by atoms with Crippen molar-refractivity contribution < 1.29 is 28.2 Å². The van der Waals surface area contributed by atoms with E-state index in [1.807, 2.05) is 0 Å². The molecule has 1 amide bonds. The van der Waals surface area contributed by atoms with Crippen LogP contribution in [-0.4, -0.2) is 58.1 Å². The molecule has 1 aliphatic rings. The van der Waals surface area contributed by atoms with Crippen LogP contribution in [0.4, 0.5) is 0 Å². The number of carboxylic acids is 1. The number of nitrogens with two attached hydrogens (primary N) is 1. The standard InChI is InChI=1S/C11H15N3O6S/c1-13-5-7(3-9(13)11(17)18)21(19,20)14-4-6(15)2-8(14)10(12)16/h3,5-6,8,15H,2,4H2,1H3,(H2,12,16)(H,17,18). The van der Waals surface area contributed by atoms with Gasteiger partial charge < -0.3 is 20.5 Å². The molecule has 1 aromatic rings. The molecule has 0 saturated carbocycles. The van der Waals surface area contributed by atoms with E-state index in [4.69, 9.17) is 10.8 Å². The minimum atomic E-state index is -4.11. The second-order valence-electron chi connectivity index (χ2n) is 4.86. The van der Waals surface area contributed by atoms with E-state index in [9.17, 15) is 23.1 Å². The molecule has 2 unspecified atom stereocenters. The Labute approximate surface area is 120 Å². The second-order valence-corrected chi connectivity index (χ2v) is 6.75. The molecule has 21 heavy (non-hydrogen) atoms. The number of sulfonamides is 1. The molecule has 1 saturated heterocycles. The fourth-order valence-corrected chi connectivity index (χ4v) is 4.05. The number of carbonyl (C=O) groups excluding carboxylic acids is 1. The maximum Gasteiger partial charge on any atom is 0.352 e. The summed E-state index contributed by atoms with van der Waals surface area (Å²) in [5, 5.41) is 18.5. The average Bonchev–Trinajstić information content (AvgIpc) is 2.93. The van der Waals surface area contributed by atoms with Crippen LogP contribution in [0, 0.1) is 0 Å². The lowest BCUT2D eigenvalue weighted by atomic mass is 10.2. The quantitative estimate of drug-likeness (QED) is 0.606. The summed E-state index contributed by atoms with van der Waals surface area (Å²) in [7, 11) is -2.72. The second kappa shape index (κ2) is 5.13. The van der Waals surface area contributed by atoms with Crippen LogP contribution in [0.1, 0.15) is 16.9 Å². The average molecular weight is 317 g/mol. The molecule has 4 N–H and O–H groups in total. The van der Waals surface area contributed by atoms with Crippen LogP contribution in [-0.2, 0) is 21.9 Å². The predicted molar refractivity (Wildman–Crippen MR) is 69.9 cm³/mol. The van der Waals surface area contributed by atoms with Gasteiger partial charge >= 0.3 is 5.97 Å². The Balaban J connectivity index is 2.44. The number of hydrogen-bond acceptors (Lipinski definition) is 5. The van der Waals surface area contributed by atoms with Crippen LogP contribution in [0.5, 0.6) is 0 Å². The van der Waals surface area contributed by atoms with Crippen molar-refractivity contribution in [1.82, 2.24) is 8.87 Å². The smallest absolute Gasteiger partial charge is 0.352 e. The SMILES string of the molecule is Cn1cc(S(=O)(=O)N2CC(O)CC2C(N)=O)cc1C(=O)O. The fraction of sp³-hybridized carbons (Fsp3) is 0.455. The van der Waals surface area contributed by atoms with Gasteiger partial charge in [-0.3, -0.25) is 4.79 Å². The fourth-order valence-electron chi connectivity index (χ4n) is 2.33. The highest BCUT2D eigenvalue weighted by Crippen LogP contribution is 2.27. The third-order valence-corrected chi connectivity index (χ3v) is 5.21. The number of aromatic nitrogens is 1. The van der Waals surface area contributed by atoms with E-state index in [1.54, 1.807) is 0 Å². The van der Waals surface area contributed by atoms with E-state index in [0.717, 1.165) is 21.1 Å². The first-order valence-electron chi connectivity index (χ1n) is 6.03. The highest BCUT2D eigenvalue weighted by Gasteiger charge is 2.43. The number of rotatable bonds is 4. The van der Waals surface area contributed by atoms with Crippen molar-refractivity contribution in [3.05, 3.63) is 18.0 Å². The van der Waals surface area contributed by atoms with E-state index in [1.165, 1.54) is 7.05 Å². The van der Waals surface area contributed by atoms with Crippen LogP contribution in [0.3, 0.4) is 0 Å². The lowest BCUT2D eigenvalue weighted by Gasteiger charge is -2.20. The molecule has 1 fully saturated rings. The molecule has 2 rings (SSSR count). The van der Waals surface area contributed by atoms with Gasteiger partial charge in [0.25, 0.3) is 0 Å². The summed E-state index contributed by atoms with van der Waals surface area (Å²) in [6.45, 7) is -0.257. The molecule has 116 valence electrons. The number of hydrogen-bond donors (Lipinski definition) is 3. The number of carboxylic acid groups (broad SMARTS) is 1. The number of primary amides is 1. The van der Waals surface area contributed by atoms with Gasteiger partial charge in [0.05, 0.1) is 6.10 Å². The number of amides is 1. The van der Waals surface area contributed by atoms with Crippen molar-refractivity contribution in [2.24, 2.45) is 12.8 Å². The Morgan fingerprint density at radius 3 is 2.52 bits per heavy atom. The molecule has 0 spiro atoms. The highest BCUT2D eigenvalue weighted by molar-refractivity contribution is 7.89. The molecule has 1 aliphatic heterocycles. The summed E-state index contributed by atoms with van der Waals surface area (Å²) in [6, 6.07) is -0.140. The zero-order valence-corrected chi connectivity index (χ0v) is 11.9. The van der Waals surface area contributed by atoms with E-state index < -0.39 is 34.0 Å². The van der Waals surface area contributed by atoms with Crippen LogP contribution >= 0.6 is 0 Å². The predicted octanol–water partition coefficient (Wildman–Crippen LogP) is -1.67. The molecular formula is C11H15N3O6S. The van der Waals surface area contributed by atoms with Crippen molar-refractivity contribution in [2.75, 3.05) is 6.54 Å². The van der Waals surface area contributed by atoms with E-state index in [2.05, 4.69) is 0 Å². The first kappa shape index (κ1) is 15.5. The van der Waals surface area contributed by atoms with Crippen molar-refractivity contribution >= 4 is 21.9 Å². The van der Waals surface area contributed by atoms with Gasteiger partial charge in [-0.2, -0.15) is 4.31 Å². The Morgan fingerprint density at radius 2 is 2.05 bits per heavy atom. The zero-order chi connectivity index (χ0) is 15.9. The van der Waals surface area contributed by atoms with Crippen molar-refractivity contribution in [3.8, 4) is 0 Å². The minimum absolute atomic E-state index is 0.0762. The first-order valence-corrected chi connectivity index (χ1v) is 7.47. The number of nitrogens with zero attached hydrogens (tertiary/aromatic N) is 2. The summed E-state index contributed by atoms with van der Waals surface area (Å²) in [5.41, 5.74) is 4.95. The monoisotopic (exact) mass is 317 g/mol. The summed E-state index contributed by atoms with van der Waals surface area (Å²) in [5.74, 6) is -2.13. The minimum Gasteiger partial charge on any atom is -0.477 e. The molecule has 9 nitrogen and oxygen atoms in total. The van der Waals surface area contributed by atoms with Crippen molar-refractivity contribution in [2.45, 2.75) is 23.5 Å². The largest absolute Gasteiger partial charge is 0.477 e. The molecule has 10 heteroatoms. The van der Waals surface area contributed by atoms with Gasteiger partial charge in [0, 0.05) is 26.2 Å². The number of aliphatic hydroxyl groups excluding tert-OH is 1. The number of carbonyl (C=O) groups is 2. The van der Waals surface area contributed by atoms with Gasteiger partial charge in [0.1, 0.15) is 16.6 Å². The first-order chi connectivity index (χ1) is 9.64. The molecule has 0 aliphatic carbocycles. The maximum absolute atomic E-state index is 12.5. The van der Waals surface area contributed by atoms with E-state index in [0.29, 0.717) is 0 Å². The molecule has 0 bridgehead atoms. The lowest BCUT2D eigenvalue weighted by Crippen LogP contribution is -2.43. The molecule has 2 atom stereocenters. The Morgan fingerprint density at radius 1 is 1.43 bits per heavy atom. The number of β-amino-alcohol motifs (C(OH)–C–C–N with tert-alkyl or cyclic N) is 1. The van der Waals surface area contributed by atoms with Gasteiger partial charge in [-0.25, -0.2) is 13.2 Å². The van der Waals surface area contributed by atoms with Gasteiger partial charge in [-0.15, -0.1) is 0 Å². The van der Waals surface area contributed by atoms with Crippen molar-refractivity contribution in [3.63, 3.8) is 0 Å². The summed E-state index contributed by atoms with van der Waals surface area (Å²) >= 11 is 0. The topological polar surface area (TPSA) is 143 Å². The molecule has 1 aromatic heterocycles. The summed E-state index contributed by atoms with van der Waals surface area (Å²) < 4.78 is 26.9. The highest BCUT2D eigenvalue weighted by atomic mass is 32.2. The molecule has 0 aromatic carbocycles. The number of aryl methyl sites for hydroxylation is 1. The van der Waals surface area contributed by atoms with Gasteiger partial charge in [-0.1, -0.05) is 0 Å². The third kappa shape index (κ3) is 2.64. The normalized spacial score (nSPS) is 23.3. The summed E-state index contributed by atoms with van der Waals surface area (Å²) in [6.07, 6.45) is 0.0780. The third-order valence-electron chi connectivity index (χ3n) is 3.37. The van der Waals surface area contributed by atoms with Gasteiger partial charge in [0.15, 0.2) is 0 Å². The van der Waals surface area contributed by atoms with Gasteiger partial charge in [-0.05, 0) is 6.07 Å². The molecule has 2 heterocycles. The van der Waals surface area contributed by atoms with E-state index in [-0.39, 0.29) is 23.6 Å². The van der Waals surface area contributed by atoms with Gasteiger partial charge in [0.2, 0.25) is 15.9 Å². The van der Waals surface area contributed by atoms with Crippen LogP contribution in [0.2, 0.25) is 0 Å². The van der Waals surface area contributed by atoms with Crippen molar-refractivity contribution in [1.29, 1.82) is 0 Å². The number of aromatic carboxylic acids is 1. The number of aliphatic hydroxyl groups is 1. The molecule has 0 radical (unpaired) electrons. The Bertz CT molecular complexity index is 695. The Kier molecular flexibility index (Phi) is 3.78. The lowest BCUT2D eigenvalue weighted by molar-refractivity contribution is -0.121. The Hall–Kier alpha value is -1.91. The zero-order valence-electron chi connectivity index (χ0n) is 11.1. The summed E-state index contributed by atoms with van der Waals surface area (Å²) in [4.78, 5) is 22.0. The van der Waals surface area contributed by atoms with E-state index >= 15 is 0 Å². The maximum atomic E-state index is 12.5. The van der Waals surface area contributed by atoms with Crippen LogP contribution in [0.25, 0.3) is 0 Å². The van der Waals surface area contributed by atoms with Crippen LogP contribution in [0.15, 0.2) is 17.2 Å². The molecular weight excluding hydrogens is 302 g/mol. The van der Waals surface area contributed by atoms with Crippen LogP contribution < -0.4 is 5.73 Å².